The largest absolute Gasteiger partial charge is 0.423 e. The van der Waals surface area contributed by atoms with Gasteiger partial charge in [-0.05, 0) is 20.8 Å². The molecule has 120 valence electrons. The number of hydrogen-bond acceptors (Lipinski definition) is 6. The fourth-order valence-electron chi connectivity index (χ4n) is 2.88. The molecule has 22 heavy (non-hydrogen) atoms. The molecule has 0 bridgehead atoms. The number of hydrogen-bond donors (Lipinski definition) is 0. The van der Waals surface area contributed by atoms with Gasteiger partial charge in [-0.1, -0.05) is 0 Å². The van der Waals surface area contributed by atoms with Crippen molar-refractivity contribution in [1.29, 1.82) is 0 Å². The Morgan fingerprint density at radius 1 is 1.32 bits per heavy atom. The predicted octanol–water partition coefficient (Wildman–Crippen LogP) is 2.12. The number of aryl methyl sites for hydroxylation is 1. The molecule has 7 heteroatoms. The van der Waals surface area contributed by atoms with Crippen molar-refractivity contribution < 1.29 is 9.15 Å². The van der Waals surface area contributed by atoms with E-state index in [1.807, 2.05) is 12.4 Å². The Labute approximate surface area is 130 Å². The van der Waals surface area contributed by atoms with Crippen LogP contribution in [0.1, 0.15) is 50.5 Å². The van der Waals surface area contributed by atoms with Gasteiger partial charge in [-0.15, -0.1) is 10.2 Å². The number of morpholine rings is 1. The van der Waals surface area contributed by atoms with E-state index in [9.17, 15) is 0 Å². The summed E-state index contributed by atoms with van der Waals surface area (Å²) in [6.07, 6.45) is 3.83. The summed E-state index contributed by atoms with van der Waals surface area (Å²) in [5, 5.41) is 7.99. The Morgan fingerprint density at radius 3 is 2.82 bits per heavy atom. The quantitative estimate of drug-likeness (QED) is 0.862. The lowest BCUT2D eigenvalue weighted by molar-refractivity contribution is -0.0925. The second-order valence-electron chi connectivity index (χ2n) is 6.13. The van der Waals surface area contributed by atoms with Crippen LogP contribution in [-0.4, -0.2) is 43.8 Å². The molecule has 0 unspecified atom stereocenters. The topological polar surface area (TPSA) is 69.2 Å². The Morgan fingerprint density at radius 2 is 2.14 bits per heavy atom. The van der Waals surface area contributed by atoms with Gasteiger partial charge in [-0.2, -0.15) is 0 Å². The van der Waals surface area contributed by atoms with Crippen molar-refractivity contribution in [2.24, 2.45) is 0 Å². The summed E-state index contributed by atoms with van der Waals surface area (Å²) in [7, 11) is 0. The van der Waals surface area contributed by atoms with Gasteiger partial charge in [0.25, 0.3) is 0 Å². The molecule has 3 heterocycles. The summed E-state index contributed by atoms with van der Waals surface area (Å²) in [5.41, 5.74) is 0. The average molecular weight is 305 g/mol. The van der Waals surface area contributed by atoms with Gasteiger partial charge in [0.2, 0.25) is 11.8 Å². The highest BCUT2D eigenvalue weighted by Crippen LogP contribution is 2.25. The van der Waals surface area contributed by atoms with Crippen LogP contribution in [0.5, 0.6) is 0 Å². The normalized spacial score (nSPS) is 23.3. The molecule has 0 N–H and O–H groups in total. The molecular formula is C15H23N5O2. The van der Waals surface area contributed by atoms with Crippen LogP contribution in [0.2, 0.25) is 0 Å². The van der Waals surface area contributed by atoms with Gasteiger partial charge in [-0.25, -0.2) is 4.98 Å². The van der Waals surface area contributed by atoms with Crippen LogP contribution in [-0.2, 0) is 11.3 Å². The summed E-state index contributed by atoms with van der Waals surface area (Å²) in [5.74, 6) is 2.20. The summed E-state index contributed by atoms with van der Waals surface area (Å²) in [4.78, 5) is 6.82. The molecule has 3 rings (SSSR count). The van der Waals surface area contributed by atoms with E-state index in [1.54, 1.807) is 6.92 Å². The van der Waals surface area contributed by atoms with Gasteiger partial charge in [0.1, 0.15) is 11.9 Å². The third kappa shape index (κ3) is 3.20. The minimum absolute atomic E-state index is 0.119. The van der Waals surface area contributed by atoms with Gasteiger partial charge in [-0.3, -0.25) is 4.90 Å². The number of aromatic nitrogens is 4. The zero-order chi connectivity index (χ0) is 15.7. The molecule has 0 aliphatic carbocycles. The fourth-order valence-corrected chi connectivity index (χ4v) is 2.88. The maximum atomic E-state index is 5.95. The molecular weight excluding hydrogens is 282 g/mol. The molecule has 1 aliphatic heterocycles. The third-order valence-corrected chi connectivity index (χ3v) is 3.82. The summed E-state index contributed by atoms with van der Waals surface area (Å²) >= 11 is 0. The summed E-state index contributed by atoms with van der Waals surface area (Å²) < 4.78 is 13.7. The molecule has 1 fully saturated rings. The lowest BCUT2D eigenvalue weighted by Gasteiger charge is -2.35. The van der Waals surface area contributed by atoms with Crippen LogP contribution in [0, 0.1) is 6.92 Å². The second kappa shape index (κ2) is 6.18. The van der Waals surface area contributed by atoms with Crippen LogP contribution in [0.25, 0.3) is 0 Å². The average Bonchev–Trinajstić information content (AvgIpc) is 3.07. The van der Waals surface area contributed by atoms with Crippen molar-refractivity contribution in [1.82, 2.24) is 24.6 Å². The van der Waals surface area contributed by atoms with E-state index in [0.29, 0.717) is 17.8 Å². The Kier molecular flexibility index (Phi) is 4.26. The fraction of sp³-hybridized carbons (Fsp3) is 0.667. The van der Waals surface area contributed by atoms with Gasteiger partial charge in [0.05, 0.1) is 12.6 Å². The van der Waals surface area contributed by atoms with E-state index in [1.165, 1.54) is 0 Å². The first-order valence-electron chi connectivity index (χ1n) is 7.72. The highest BCUT2D eigenvalue weighted by atomic mass is 16.5. The van der Waals surface area contributed by atoms with Crippen LogP contribution >= 0.6 is 0 Å². The third-order valence-electron chi connectivity index (χ3n) is 3.82. The molecule has 2 aromatic heterocycles. The van der Waals surface area contributed by atoms with E-state index >= 15 is 0 Å². The minimum atomic E-state index is -0.174. The molecule has 0 saturated carbocycles. The molecule has 0 spiro atoms. The van der Waals surface area contributed by atoms with Gasteiger partial charge < -0.3 is 13.7 Å². The first kappa shape index (κ1) is 15.2. The number of rotatable bonds is 4. The Hall–Kier alpha value is -1.73. The second-order valence-corrected chi connectivity index (χ2v) is 6.13. The van der Waals surface area contributed by atoms with E-state index in [-0.39, 0.29) is 12.2 Å². The molecule has 0 radical (unpaired) electrons. The molecule has 2 atom stereocenters. The lowest BCUT2D eigenvalue weighted by Crippen LogP contribution is -2.42. The Balaban J connectivity index is 1.72. The number of imidazole rings is 1. The van der Waals surface area contributed by atoms with Crippen molar-refractivity contribution in [3.63, 3.8) is 0 Å². The first-order chi connectivity index (χ1) is 10.5. The number of ether oxygens (including phenoxy) is 1. The van der Waals surface area contributed by atoms with Crippen molar-refractivity contribution >= 4 is 0 Å². The molecule has 1 saturated heterocycles. The van der Waals surface area contributed by atoms with Crippen molar-refractivity contribution in [2.45, 2.75) is 52.5 Å². The lowest BCUT2D eigenvalue weighted by atomic mass is 10.2. The maximum Gasteiger partial charge on any atom is 0.246 e. The zero-order valence-corrected chi connectivity index (χ0v) is 13.6. The van der Waals surface area contributed by atoms with Gasteiger partial charge in [0.15, 0.2) is 0 Å². The molecule has 7 nitrogen and oxygen atoms in total. The molecule has 2 aromatic rings. The highest BCUT2D eigenvalue weighted by Gasteiger charge is 2.30. The van der Waals surface area contributed by atoms with E-state index < -0.39 is 0 Å². The highest BCUT2D eigenvalue weighted by molar-refractivity contribution is 4.97. The van der Waals surface area contributed by atoms with Crippen molar-refractivity contribution in [2.75, 3.05) is 13.1 Å². The Bertz CT molecular complexity index is 621. The molecule has 0 amide bonds. The number of nitrogens with zero attached hydrogens (tertiary/aromatic N) is 5. The maximum absolute atomic E-state index is 5.95. The molecule has 0 aromatic carbocycles. The minimum Gasteiger partial charge on any atom is -0.423 e. The van der Waals surface area contributed by atoms with Crippen LogP contribution < -0.4 is 0 Å². The predicted molar refractivity (Wildman–Crippen MR) is 80.2 cm³/mol. The smallest absolute Gasteiger partial charge is 0.246 e. The van der Waals surface area contributed by atoms with Crippen LogP contribution in [0.15, 0.2) is 16.8 Å². The monoisotopic (exact) mass is 305 g/mol. The van der Waals surface area contributed by atoms with E-state index in [0.717, 1.165) is 25.5 Å². The van der Waals surface area contributed by atoms with Crippen LogP contribution in [0.4, 0.5) is 0 Å². The standard InChI is InChI=1S/C15H23N5O2/c1-10(2)20-6-5-16-14(20)9-19-7-11(3)21-13(8-19)15-18-17-12(4)22-15/h5-6,10-11,13H,7-9H2,1-4H3/t11-,13-/m1/s1. The van der Waals surface area contributed by atoms with Gasteiger partial charge >= 0.3 is 0 Å². The first-order valence-corrected chi connectivity index (χ1v) is 7.72. The van der Waals surface area contributed by atoms with E-state index in [4.69, 9.17) is 9.15 Å². The SMILES string of the molecule is Cc1nnc([C@H]2CN(Cc3nccn3C(C)C)C[C@@H](C)O2)o1. The zero-order valence-electron chi connectivity index (χ0n) is 13.6. The van der Waals surface area contributed by atoms with Gasteiger partial charge in [0, 0.05) is 38.4 Å². The van der Waals surface area contributed by atoms with Crippen molar-refractivity contribution in [3.05, 3.63) is 30.0 Å². The summed E-state index contributed by atoms with van der Waals surface area (Å²) in [6, 6.07) is 0.408. The van der Waals surface area contributed by atoms with Crippen LogP contribution in [0.3, 0.4) is 0 Å². The van der Waals surface area contributed by atoms with E-state index in [2.05, 4.69) is 45.4 Å². The molecule has 1 aliphatic rings. The summed E-state index contributed by atoms with van der Waals surface area (Å²) in [6.45, 7) is 10.6. The van der Waals surface area contributed by atoms with Crippen molar-refractivity contribution in [3.8, 4) is 0 Å².